The lowest BCUT2D eigenvalue weighted by atomic mass is 10.2. The van der Waals surface area contributed by atoms with E-state index in [1.807, 2.05) is 0 Å². The van der Waals surface area contributed by atoms with E-state index in [1.165, 1.54) is 25.1 Å². The van der Waals surface area contributed by atoms with Crippen molar-refractivity contribution >= 4 is 5.91 Å². The summed E-state index contributed by atoms with van der Waals surface area (Å²) in [7, 11) is 0. The molecule has 2 aliphatic rings. The topological polar surface area (TPSA) is 56.6 Å². The van der Waals surface area contributed by atoms with Gasteiger partial charge in [-0.1, -0.05) is 20.3 Å². The molecule has 3 heterocycles. The van der Waals surface area contributed by atoms with Crippen molar-refractivity contribution in [1.82, 2.24) is 29.8 Å². The zero-order chi connectivity index (χ0) is 18.4. The minimum absolute atomic E-state index is 0.102. The van der Waals surface area contributed by atoms with Crippen LogP contribution in [0.4, 0.5) is 0 Å². The summed E-state index contributed by atoms with van der Waals surface area (Å²) in [6, 6.07) is 2.15. The predicted octanol–water partition coefficient (Wildman–Crippen LogP) is 0.753. The highest BCUT2D eigenvalue weighted by Crippen LogP contribution is 2.14. The molecule has 1 saturated heterocycles. The number of aromatic nitrogens is 2. The van der Waals surface area contributed by atoms with Crippen LogP contribution in [-0.4, -0.2) is 82.7 Å². The Morgan fingerprint density at radius 3 is 2.54 bits per heavy atom. The molecule has 0 unspecified atom stereocenters. The number of likely N-dealkylation sites (N-methyl/N-ethyl adjacent to an activating group) is 1. The maximum Gasteiger partial charge on any atom is 0.234 e. The molecule has 3 rings (SSSR count). The summed E-state index contributed by atoms with van der Waals surface area (Å²) in [5.41, 5.74) is 2.24. The van der Waals surface area contributed by atoms with Crippen LogP contribution in [0.25, 0.3) is 0 Å². The number of piperazine rings is 1. The van der Waals surface area contributed by atoms with Crippen LogP contribution in [0.1, 0.15) is 38.1 Å². The third kappa shape index (κ3) is 5.28. The van der Waals surface area contributed by atoms with Gasteiger partial charge in [0.25, 0.3) is 0 Å². The van der Waals surface area contributed by atoms with Gasteiger partial charge in [-0.2, -0.15) is 5.10 Å². The number of fused-ring (bicyclic) bond motifs is 1. The van der Waals surface area contributed by atoms with Crippen LogP contribution in [0, 0.1) is 0 Å². The maximum atomic E-state index is 12.2. The summed E-state index contributed by atoms with van der Waals surface area (Å²) in [5, 5.41) is 7.70. The van der Waals surface area contributed by atoms with E-state index < -0.39 is 0 Å². The first-order valence-corrected chi connectivity index (χ1v) is 10.2. The lowest BCUT2D eigenvalue weighted by Crippen LogP contribution is -2.49. The van der Waals surface area contributed by atoms with E-state index in [0.29, 0.717) is 13.1 Å². The normalized spacial score (nSPS) is 19.5. The first kappa shape index (κ1) is 19.3. The van der Waals surface area contributed by atoms with Crippen molar-refractivity contribution in [3.8, 4) is 0 Å². The number of hydrogen-bond acceptors (Lipinski definition) is 5. The van der Waals surface area contributed by atoms with Gasteiger partial charge in [0.1, 0.15) is 0 Å². The Kier molecular flexibility index (Phi) is 7.05. The molecule has 0 saturated carbocycles. The third-order valence-electron chi connectivity index (χ3n) is 5.50. The Morgan fingerprint density at radius 2 is 1.81 bits per heavy atom. The van der Waals surface area contributed by atoms with E-state index in [1.54, 1.807) is 0 Å². The summed E-state index contributed by atoms with van der Waals surface area (Å²) in [5.74, 6) is 0.102. The smallest absolute Gasteiger partial charge is 0.234 e. The van der Waals surface area contributed by atoms with Crippen LogP contribution in [0.5, 0.6) is 0 Å². The molecule has 7 heteroatoms. The molecule has 7 nitrogen and oxygen atoms in total. The van der Waals surface area contributed by atoms with Gasteiger partial charge in [0.15, 0.2) is 0 Å². The van der Waals surface area contributed by atoms with E-state index in [9.17, 15) is 4.79 Å². The van der Waals surface area contributed by atoms with E-state index in [0.717, 1.165) is 58.1 Å². The van der Waals surface area contributed by atoms with Crippen LogP contribution in [0.2, 0.25) is 0 Å². The monoisotopic (exact) mass is 362 g/mol. The summed E-state index contributed by atoms with van der Waals surface area (Å²) in [6.07, 6.45) is 2.49. The number of carbonyl (C=O) groups excluding carboxylic acids is 1. The lowest BCUT2D eigenvalue weighted by Gasteiger charge is -2.33. The van der Waals surface area contributed by atoms with Crippen molar-refractivity contribution < 1.29 is 4.79 Å². The highest BCUT2D eigenvalue weighted by Gasteiger charge is 2.19. The zero-order valence-corrected chi connectivity index (χ0v) is 16.4. The fourth-order valence-corrected chi connectivity index (χ4v) is 3.75. The molecule has 0 atom stereocenters. The van der Waals surface area contributed by atoms with Crippen LogP contribution >= 0.6 is 0 Å². The second-order valence-electron chi connectivity index (χ2n) is 7.47. The van der Waals surface area contributed by atoms with Crippen LogP contribution in [0.3, 0.4) is 0 Å². The highest BCUT2D eigenvalue weighted by atomic mass is 16.2. The molecule has 1 amide bonds. The fraction of sp³-hybridized carbons (Fsp3) is 0.789. The molecule has 0 bridgehead atoms. The second kappa shape index (κ2) is 9.48. The summed E-state index contributed by atoms with van der Waals surface area (Å²) in [6.45, 7) is 14.8. The number of unbranched alkanes of at least 4 members (excludes halogenated alkanes) is 1. The van der Waals surface area contributed by atoms with Gasteiger partial charge >= 0.3 is 0 Å². The highest BCUT2D eigenvalue weighted by molar-refractivity contribution is 5.77. The van der Waals surface area contributed by atoms with Gasteiger partial charge in [0, 0.05) is 39.3 Å². The van der Waals surface area contributed by atoms with Crippen molar-refractivity contribution in [2.24, 2.45) is 0 Å². The van der Waals surface area contributed by atoms with Gasteiger partial charge in [-0.25, -0.2) is 0 Å². The first-order chi connectivity index (χ1) is 12.7. The Balaban J connectivity index is 1.41. The van der Waals surface area contributed by atoms with Crippen molar-refractivity contribution in [2.45, 2.75) is 46.3 Å². The van der Waals surface area contributed by atoms with Crippen molar-refractivity contribution in [2.75, 3.05) is 52.4 Å². The van der Waals surface area contributed by atoms with Crippen LogP contribution in [0.15, 0.2) is 6.07 Å². The summed E-state index contributed by atoms with van der Waals surface area (Å²) >= 11 is 0. The standard InChI is InChI=1S/C19H34N6O/c1-3-5-6-23-11-12-25-18(15-23)13-17(21-25)14-20-19(26)16-24-9-7-22(4-2)8-10-24/h13H,3-12,14-16H2,1-2H3,(H,20,26). The number of rotatable bonds is 8. The van der Waals surface area contributed by atoms with Gasteiger partial charge in [0.2, 0.25) is 5.91 Å². The third-order valence-corrected chi connectivity index (χ3v) is 5.50. The fourth-order valence-electron chi connectivity index (χ4n) is 3.75. The molecule has 0 spiro atoms. The number of nitrogens with one attached hydrogen (secondary N) is 1. The van der Waals surface area contributed by atoms with Crippen LogP contribution < -0.4 is 5.32 Å². The van der Waals surface area contributed by atoms with Gasteiger partial charge < -0.3 is 10.2 Å². The molecule has 0 radical (unpaired) electrons. The molecule has 146 valence electrons. The number of carbonyl (C=O) groups is 1. The number of amides is 1. The molecule has 1 N–H and O–H groups in total. The van der Waals surface area contributed by atoms with E-state index in [2.05, 4.69) is 49.7 Å². The van der Waals surface area contributed by atoms with Crippen molar-refractivity contribution in [3.63, 3.8) is 0 Å². The maximum absolute atomic E-state index is 12.2. The predicted molar refractivity (Wildman–Crippen MR) is 103 cm³/mol. The minimum atomic E-state index is 0.102. The molecule has 0 aromatic carbocycles. The Hall–Kier alpha value is -1.44. The SMILES string of the molecule is CCCCN1CCn2nc(CNC(=O)CN3CCN(CC)CC3)cc2C1. The van der Waals surface area contributed by atoms with Gasteiger partial charge in [0.05, 0.1) is 31.0 Å². The molecule has 1 aromatic heterocycles. The number of hydrogen-bond donors (Lipinski definition) is 1. The minimum Gasteiger partial charge on any atom is -0.349 e. The van der Waals surface area contributed by atoms with E-state index in [-0.39, 0.29) is 5.91 Å². The van der Waals surface area contributed by atoms with Gasteiger partial charge in [-0.3, -0.25) is 19.3 Å². The van der Waals surface area contributed by atoms with Gasteiger partial charge in [-0.15, -0.1) is 0 Å². The average Bonchev–Trinajstić information content (AvgIpc) is 3.07. The van der Waals surface area contributed by atoms with Crippen molar-refractivity contribution in [1.29, 1.82) is 0 Å². The Labute approximate surface area is 157 Å². The quantitative estimate of drug-likeness (QED) is 0.740. The molecule has 2 aliphatic heterocycles. The summed E-state index contributed by atoms with van der Waals surface area (Å²) < 4.78 is 2.11. The average molecular weight is 363 g/mol. The molecular weight excluding hydrogens is 328 g/mol. The van der Waals surface area contributed by atoms with Crippen molar-refractivity contribution in [3.05, 3.63) is 17.5 Å². The molecule has 1 aromatic rings. The first-order valence-electron chi connectivity index (χ1n) is 10.2. The largest absolute Gasteiger partial charge is 0.349 e. The van der Waals surface area contributed by atoms with Gasteiger partial charge in [-0.05, 0) is 25.6 Å². The lowest BCUT2D eigenvalue weighted by molar-refractivity contribution is -0.122. The summed E-state index contributed by atoms with van der Waals surface area (Å²) in [4.78, 5) is 19.4. The van der Waals surface area contributed by atoms with E-state index >= 15 is 0 Å². The van der Waals surface area contributed by atoms with E-state index in [4.69, 9.17) is 0 Å². The molecule has 0 aliphatic carbocycles. The molecule has 1 fully saturated rings. The molecule has 26 heavy (non-hydrogen) atoms. The Morgan fingerprint density at radius 1 is 1.08 bits per heavy atom. The second-order valence-corrected chi connectivity index (χ2v) is 7.47. The zero-order valence-electron chi connectivity index (χ0n) is 16.4. The van der Waals surface area contributed by atoms with Crippen LogP contribution in [-0.2, 0) is 24.4 Å². The Bertz CT molecular complexity index is 579. The number of nitrogens with zero attached hydrogens (tertiary/aromatic N) is 5. The molecular formula is C19H34N6O.